The van der Waals surface area contributed by atoms with Crippen LogP contribution in [0.3, 0.4) is 0 Å². The SMILES string of the molecule is COc1ccc(/C(N)=N/O)c(SC(C)C)c1. The summed E-state index contributed by atoms with van der Waals surface area (Å²) in [5.41, 5.74) is 6.33. The summed E-state index contributed by atoms with van der Waals surface area (Å²) >= 11 is 1.65. The maximum atomic E-state index is 8.70. The predicted molar refractivity (Wildman–Crippen MR) is 66.5 cm³/mol. The average molecular weight is 240 g/mol. The van der Waals surface area contributed by atoms with Crippen LogP contribution in [0.5, 0.6) is 5.75 Å². The summed E-state index contributed by atoms with van der Waals surface area (Å²) in [7, 11) is 1.61. The molecule has 0 radical (unpaired) electrons. The number of methoxy groups -OCH3 is 1. The number of benzene rings is 1. The molecule has 5 heteroatoms. The van der Waals surface area contributed by atoms with E-state index in [0.29, 0.717) is 5.25 Å². The molecule has 0 saturated heterocycles. The van der Waals surface area contributed by atoms with Crippen LogP contribution < -0.4 is 10.5 Å². The van der Waals surface area contributed by atoms with Crippen molar-refractivity contribution in [2.75, 3.05) is 7.11 Å². The molecule has 0 saturated carbocycles. The third kappa shape index (κ3) is 3.06. The second-order valence-electron chi connectivity index (χ2n) is 3.51. The quantitative estimate of drug-likeness (QED) is 0.278. The number of thioether (sulfide) groups is 1. The van der Waals surface area contributed by atoms with Crippen molar-refractivity contribution in [2.24, 2.45) is 10.9 Å². The lowest BCUT2D eigenvalue weighted by Crippen LogP contribution is -2.14. The third-order valence-corrected chi connectivity index (χ3v) is 3.00. The summed E-state index contributed by atoms with van der Waals surface area (Å²) in [6, 6.07) is 5.47. The van der Waals surface area contributed by atoms with Crippen molar-refractivity contribution in [1.82, 2.24) is 0 Å². The fourth-order valence-electron chi connectivity index (χ4n) is 1.25. The molecule has 0 spiro atoms. The Morgan fingerprint density at radius 1 is 1.50 bits per heavy atom. The number of rotatable bonds is 4. The van der Waals surface area contributed by atoms with E-state index in [1.165, 1.54) is 0 Å². The molecule has 1 aromatic rings. The summed E-state index contributed by atoms with van der Waals surface area (Å²) in [6.07, 6.45) is 0. The number of nitrogens with two attached hydrogens (primary N) is 1. The van der Waals surface area contributed by atoms with Gasteiger partial charge in [-0.05, 0) is 18.2 Å². The van der Waals surface area contributed by atoms with E-state index in [4.69, 9.17) is 15.7 Å². The molecular weight excluding hydrogens is 224 g/mol. The largest absolute Gasteiger partial charge is 0.497 e. The van der Waals surface area contributed by atoms with E-state index >= 15 is 0 Å². The van der Waals surface area contributed by atoms with Crippen LogP contribution in [0.15, 0.2) is 28.3 Å². The molecule has 0 aliphatic carbocycles. The van der Waals surface area contributed by atoms with Gasteiger partial charge in [0.15, 0.2) is 5.84 Å². The van der Waals surface area contributed by atoms with Gasteiger partial charge in [0.1, 0.15) is 5.75 Å². The summed E-state index contributed by atoms with van der Waals surface area (Å²) in [5, 5.41) is 12.1. The van der Waals surface area contributed by atoms with Crippen LogP contribution in [0, 0.1) is 0 Å². The first-order valence-electron chi connectivity index (χ1n) is 4.91. The highest BCUT2D eigenvalue weighted by molar-refractivity contribution is 8.00. The molecule has 0 bridgehead atoms. The Bertz CT molecular complexity index is 392. The topological polar surface area (TPSA) is 67.8 Å². The number of hydrogen-bond donors (Lipinski definition) is 2. The van der Waals surface area contributed by atoms with Crippen molar-refractivity contribution in [3.63, 3.8) is 0 Å². The van der Waals surface area contributed by atoms with Gasteiger partial charge in [0, 0.05) is 15.7 Å². The van der Waals surface area contributed by atoms with Gasteiger partial charge in [-0.25, -0.2) is 0 Å². The maximum absolute atomic E-state index is 8.70. The highest BCUT2D eigenvalue weighted by atomic mass is 32.2. The summed E-state index contributed by atoms with van der Waals surface area (Å²) in [4.78, 5) is 0.949. The zero-order valence-electron chi connectivity index (χ0n) is 9.60. The molecule has 0 fully saturated rings. The Balaban J connectivity index is 3.16. The molecular formula is C11H16N2O2S. The van der Waals surface area contributed by atoms with Gasteiger partial charge in [0.2, 0.25) is 0 Å². The minimum absolute atomic E-state index is 0.116. The van der Waals surface area contributed by atoms with Crippen LogP contribution in [0.1, 0.15) is 19.4 Å². The van der Waals surface area contributed by atoms with Crippen LogP contribution in [0.25, 0.3) is 0 Å². The van der Waals surface area contributed by atoms with Gasteiger partial charge in [-0.3, -0.25) is 0 Å². The van der Waals surface area contributed by atoms with E-state index < -0.39 is 0 Å². The van der Waals surface area contributed by atoms with Crippen molar-refractivity contribution < 1.29 is 9.94 Å². The lowest BCUT2D eigenvalue weighted by molar-refractivity contribution is 0.318. The molecule has 1 aromatic carbocycles. The number of hydrogen-bond acceptors (Lipinski definition) is 4. The van der Waals surface area contributed by atoms with Crippen molar-refractivity contribution in [3.8, 4) is 5.75 Å². The van der Waals surface area contributed by atoms with E-state index in [2.05, 4.69) is 19.0 Å². The summed E-state index contributed by atoms with van der Waals surface area (Å²) < 4.78 is 5.15. The molecule has 0 aromatic heterocycles. The monoisotopic (exact) mass is 240 g/mol. The Kier molecular flexibility index (Phi) is 4.49. The van der Waals surface area contributed by atoms with Gasteiger partial charge in [-0.15, -0.1) is 11.8 Å². The molecule has 0 heterocycles. The Morgan fingerprint density at radius 3 is 2.69 bits per heavy atom. The van der Waals surface area contributed by atoms with Crippen LogP contribution >= 0.6 is 11.8 Å². The first-order valence-corrected chi connectivity index (χ1v) is 5.79. The number of oxime groups is 1. The Labute approximate surface area is 99.5 Å². The second kappa shape index (κ2) is 5.65. The highest BCUT2D eigenvalue weighted by Crippen LogP contribution is 2.30. The Morgan fingerprint density at radius 2 is 2.19 bits per heavy atom. The van der Waals surface area contributed by atoms with Gasteiger partial charge >= 0.3 is 0 Å². The van der Waals surface area contributed by atoms with E-state index in [9.17, 15) is 0 Å². The number of nitrogens with zero attached hydrogens (tertiary/aromatic N) is 1. The highest BCUT2D eigenvalue weighted by Gasteiger charge is 2.10. The van der Waals surface area contributed by atoms with Crippen molar-refractivity contribution >= 4 is 17.6 Å². The number of ether oxygens (including phenoxy) is 1. The summed E-state index contributed by atoms with van der Waals surface area (Å²) in [5.74, 6) is 0.878. The molecule has 3 N–H and O–H groups in total. The summed E-state index contributed by atoms with van der Waals surface area (Å²) in [6.45, 7) is 4.17. The minimum Gasteiger partial charge on any atom is -0.497 e. The van der Waals surface area contributed by atoms with E-state index in [1.54, 1.807) is 31.0 Å². The van der Waals surface area contributed by atoms with Crippen molar-refractivity contribution in [1.29, 1.82) is 0 Å². The van der Waals surface area contributed by atoms with Crippen molar-refractivity contribution in [2.45, 2.75) is 24.0 Å². The Hall–Kier alpha value is -1.36. The fourth-order valence-corrected chi connectivity index (χ4v) is 2.24. The minimum atomic E-state index is 0.116. The lowest BCUT2D eigenvalue weighted by atomic mass is 10.2. The normalized spacial score (nSPS) is 11.9. The van der Waals surface area contributed by atoms with Gasteiger partial charge in [-0.1, -0.05) is 19.0 Å². The molecule has 88 valence electrons. The van der Waals surface area contributed by atoms with Crippen LogP contribution in [0.2, 0.25) is 0 Å². The van der Waals surface area contributed by atoms with Crippen molar-refractivity contribution in [3.05, 3.63) is 23.8 Å². The standard InChI is InChI=1S/C11H16N2O2S/c1-7(2)16-10-6-8(15-3)4-5-9(10)11(12)13-14/h4-7,14H,1-3H3,(H2,12,13). The smallest absolute Gasteiger partial charge is 0.171 e. The van der Waals surface area contributed by atoms with Gasteiger partial charge in [0.05, 0.1) is 7.11 Å². The van der Waals surface area contributed by atoms with Crippen LogP contribution in [0.4, 0.5) is 0 Å². The molecule has 0 aliphatic rings. The maximum Gasteiger partial charge on any atom is 0.171 e. The molecule has 0 atom stereocenters. The van der Waals surface area contributed by atoms with Gasteiger partial charge in [-0.2, -0.15) is 0 Å². The number of amidine groups is 1. The van der Waals surface area contributed by atoms with E-state index in [-0.39, 0.29) is 5.84 Å². The van der Waals surface area contributed by atoms with E-state index in [0.717, 1.165) is 16.2 Å². The third-order valence-electron chi connectivity index (χ3n) is 1.94. The zero-order chi connectivity index (χ0) is 12.1. The van der Waals surface area contributed by atoms with Gasteiger partial charge < -0.3 is 15.7 Å². The van der Waals surface area contributed by atoms with Crippen LogP contribution in [-0.4, -0.2) is 23.4 Å². The first kappa shape index (κ1) is 12.7. The average Bonchev–Trinajstić information content (AvgIpc) is 2.27. The molecule has 16 heavy (non-hydrogen) atoms. The molecule has 0 amide bonds. The molecule has 0 unspecified atom stereocenters. The predicted octanol–water partition coefficient (Wildman–Crippen LogP) is 2.29. The molecule has 4 nitrogen and oxygen atoms in total. The second-order valence-corrected chi connectivity index (χ2v) is 5.13. The molecule has 1 rings (SSSR count). The first-order chi connectivity index (χ1) is 7.58. The van der Waals surface area contributed by atoms with Gasteiger partial charge in [0.25, 0.3) is 0 Å². The van der Waals surface area contributed by atoms with E-state index in [1.807, 2.05) is 6.07 Å². The van der Waals surface area contributed by atoms with Crippen LogP contribution in [-0.2, 0) is 0 Å². The lowest BCUT2D eigenvalue weighted by Gasteiger charge is -2.11. The zero-order valence-corrected chi connectivity index (χ0v) is 10.4. The fraction of sp³-hybridized carbons (Fsp3) is 0.364. The molecule has 0 aliphatic heterocycles.